The highest BCUT2D eigenvalue weighted by molar-refractivity contribution is 6.30. The maximum absolute atomic E-state index is 16.3. The van der Waals surface area contributed by atoms with Gasteiger partial charge < -0.3 is 23.9 Å². The number of carboxylic acid groups (broad SMARTS) is 1. The highest BCUT2D eigenvalue weighted by atomic mass is 35.5. The SMILES string of the molecule is O=C(O)[C@@H]1C[C@H](Oc2ncc(Cl)cc2[C@]2(F)CCOC[C@@H]2C(F)(F)F)CN1c1nc(C(F)F)nc2c1oc1ccccc12. The number of halogens is 7. The minimum absolute atomic E-state index is 0.0410. The molecule has 2 aliphatic rings. The molecule has 16 heteroatoms. The normalized spacial score (nSPS) is 24.7. The molecule has 9 nitrogen and oxygen atoms in total. The second-order valence-corrected chi connectivity index (χ2v) is 10.7. The number of aromatic nitrogens is 3. The summed E-state index contributed by atoms with van der Waals surface area (Å²) in [5, 5.41) is 10.3. The van der Waals surface area contributed by atoms with Gasteiger partial charge in [-0.2, -0.15) is 13.2 Å². The second-order valence-electron chi connectivity index (χ2n) is 10.3. The molecule has 0 bridgehead atoms. The predicted octanol–water partition coefficient (Wildman–Crippen LogP) is 6.24. The first-order valence-electron chi connectivity index (χ1n) is 13.0. The van der Waals surface area contributed by atoms with Crippen LogP contribution in [0.25, 0.3) is 22.1 Å². The minimum Gasteiger partial charge on any atom is -0.480 e. The number of carbonyl (C=O) groups is 1. The van der Waals surface area contributed by atoms with Gasteiger partial charge in [0.2, 0.25) is 5.88 Å². The second kappa shape index (κ2) is 10.7. The molecule has 0 radical (unpaired) electrons. The van der Waals surface area contributed by atoms with E-state index in [1.165, 1.54) is 4.90 Å². The Hall–Kier alpha value is -3.85. The average Bonchev–Trinajstić information content (AvgIpc) is 3.55. The van der Waals surface area contributed by atoms with Gasteiger partial charge >= 0.3 is 12.1 Å². The summed E-state index contributed by atoms with van der Waals surface area (Å²) in [6, 6.07) is 6.09. The summed E-state index contributed by atoms with van der Waals surface area (Å²) in [4.78, 5) is 25.3. The van der Waals surface area contributed by atoms with Gasteiger partial charge in [0.05, 0.1) is 23.7 Å². The van der Waals surface area contributed by atoms with E-state index in [1.54, 1.807) is 24.3 Å². The van der Waals surface area contributed by atoms with Crippen LogP contribution >= 0.6 is 11.6 Å². The van der Waals surface area contributed by atoms with Gasteiger partial charge in [0.15, 0.2) is 22.9 Å². The monoisotopic (exact) mass is 630 g/mol. The fraction of sp³-hybridized carbons (Fsp3) is 0.407. The van der Waals surface area contributed by atoms with Crippen LogP contribution in [0.15, 0.2) is 40.9 Å². The van der Waals surface area contributed by atoms with E-state index in [4.69, 9.17) is 25.5 Å². The number of fused-ring (bicyclic) bond motifs is 3. The van der Waals surface area contributed by atoms with E-state index in [1.807, 2.05) is 0 Å². The fourth-order valence-corrected chi connectivity index (χ4v) is 5.78. The largest absolute Gasteiger partial charge is 0.480 e. The van der Waals surface area contributed by atoms with Crippen LogP contribution in [0.2, 0.25) is 5.02 Å². The third-order valence-corrected chi connectivity index (χ3v) is 7.83. The van der Waals surface area contributed by atoms with E-state index in [9.17, 15) is 31.9 Å². The molecule has 3 aromatic heterocycles. The van der Waals surface area contributed by atoms with Crippen molar-refractivity contribution >= 4 is 45.5 Å². The van der Waals surface area contributed by atoms with E-state index in [0.29, 0.717) is 11.0 Å². The van der Waals surface area contributed by atoms with Crippen molar-refractivity contribution < 1.29 is 50.1 Å². The lowest BCUT2D eigenvalue weighted by Crippen LogP contribution is -2.47. The molecule has 228 valence electrons. The number of furan rings is 1. The van der Waals surface area contributed by atoms with Crippen molar-refractivity contribution in [2.24, 2.45) is 5.92 Å². The molecular weight excluding hydrogens is 610 g/mol. The third kappa shape index (κ3) is 5.18. The van der Waals surface area contributed by atoms with E-state index in [2.05, 4.69) is 15.0 Å². The number of para-hydroxylation sites is 1. The van der Waals surface area contributed by atoms with Crippen molar-refractivity contribution in [2.45, 2.75) is 43.3 Å². The molecule has 6 rings (SSSR count). The van der Waals surface area contributed by atoms with Crippen LogP contribution in [0.1, 0.15) is 30.7 Å². The molecule has 0 saturated carbocycles. The molecule has 0 amide bonds. The lowest BCUT2D eigenvalue weighted by atomic mass is 9.79. The zero-order chi connectivity index (χ0) is 30.7. The van der Waals surface area contributed by atoms with Crippen molar-refractivity contribution in [1.29, 1.82) is 0 Å². The number of benzene rings is 1. The van der Waals surface area contributed by atoms with E-state index in [0.717, 1.165) is 12.3 Å². The number of hydrogen-bond acceptors (Lipinski definition) is 8. The van der Waals surface area contributed by atoms with Crippen LogP contribution < -0.4 is 9.64 Å². The van der Waals surface area contributed by atoms with E-state index < -0.39 is 72.6 Å². The summed E-state index contributed by atoms with van der Waals surface area (Å²) < 4.78 is 102. The van der Waals surface area contributed by atoms with Crippen molar-refractivity contribution in [3.8, 4) is 5.88 Å². The number of aliphatic carboxylic acids is 1. The molecule has 0 unspecified atom stereocenters. The summed E-state index contributed by atoms with van der Waals surface area (Å²) in [5.41, 5.74) is -3.26. The first-order chi connectivity index (χ1) is 20.4. The van der Waals surface area contributed by atoms with Gasteiger partial charge in [-0.3, -0.25) is 0 Å². The summed E-state index contributed by atoms with van der Waals surface area (Å²) in [5.74, 6) is -5.51. The van der Waals surface area contributed by atoms with Gasteiger partial charge in [0.1, 0.15) is 29.2 Å². The lowest BCUT2D eigenvalue weighted by molar-refractivity contribution is -0.245. The quantitative estimate of drug-likeness (QED) is 0.248. The van der Waals surface area contributed by atoms with Crippen molar-refractivity contribution in [3.63, 3.8) is 0 Å². The zero-order valence-corrected chi connectivity index (χ0v) is 22.6. The molecule has 0 aliphatic carbocycles. The average molecular weight is 631 g/mol. The number of hydrogen-bond donors (Lipinski definition) is 1. The number of ether oxygens (including phenoxy) is 2. The lowest BCUT2D eigenvalue weighted by Gasteiger charge is -2.39. The number of pyridine rings is 1. The molecule has 2 aliphatic heterocycles. The molecule has 4 aromatic rings. The molecule has 43 heavy (non-hydrogen) atoms. The van der Waals surface area contributed by atoms with Crippen molar-refractivity contribution in [3.05, 3.63) is 52.9 Å². The molecular formula is C27H21ClF6N4O5. The topological polar surface area (TPSA) is 111 Å². The van der Waals surface area contributed by atoms with Crippen molar-refractivity contribution in [2.75, 3.05) is 24.7 Å². The van der Waals surface area contributed by atoms with Crippen LogP contribution in [0.5, 0.6) is 5.88 Å². The Bertz CT molecular complexity index is 1700. The molecule has 4 atom stereocenters. The predicted molar refractivity (Wildman–Crippen MR) is 139 cm³/mol. The molecule has 1 aromatic carbocycles. The summed E-state index contributed by atoms with van der Waals surface area (Å²) in [7, 11) is 0. The summed E-state index contributed by atoms with van der Waals surface area (Å²) >= 11 is 6.00. The first kappa shape index (κ1) is 29.2. The van der Waals surface area contributed by atoms with Gasteiger partial charge in [0, 0.05) is 31.0 Å². The third-order valence-electron chi connectivity index (χ3n) is 7.62. The molecule has 2 fully saturated rings. The van der Waals surface area contributed by atoms with Crippen LogP contribution in [0.4, 0.5) is 32.2 Å². The molecule has 0 spiro atoms. The van der Waals surface area contributed by atoms with E-state index in [-0.39, 0.29) is 41.5 Å². The number of nitrogens with zero attached hydrogens (tertiary/aromatic N) is 4. The highest BCUT2D eigenvalue weighted by Crippen LogP contribution is 2.51. The Balaban J connectivity index is 1.39. The zero-order valence-electron chi connectivity index (χ0n) is 21.8. The number of alkyl halides is 6. The summed E-state index contributed by atoms with van der Waals surface area (Å²) in [6.45, 7) is -1.53. The Labute approximate surface area is 243 Å². The Morgan fingerprint density at radius 1 is 1.23 bits per heavy atom. The maximum atomic E-state index is 16.3. The van der Waals surface area contributed by atoms with Gasteiger partial charge in [-0.25, -0.2) is 32.9 Å². The fourth-order valence-electron chi connectivity index (χ4n) is 5.62. The number of rotatable bonds is 6. The van der Waals surface area contributed by atoms with Crippen LogP contribution in [0.3, 0.4) is 0 Å². The smallest absolute Gasteiger partial charge is 0.397 e. The highest BCUT2D eigenvalue weighted by Gasteiger charge is 2.58. The van der Waals surface area contributed by atoms with Crippen LogP contribution in [0, 0.1) is 5.92 Å². The minimum atomic E-state index is -4.97. The maximum Gasteiger partial charge on any atom is 0.397 e. The Morgan fingerprint density at radius 2 is 2.00 bits per heavy atom. The van der Waals surface area contributed by atoms with Gasteiger partial charge in [-0.15, -0.1) is 0 Å². The molecule has 5 heterocycles. The summed E-state index contributed by atoms with van der Waals surface area (Å²) in [6.07, 6.45) is -9.04. The van der Waals surface area contributed by atoms with Gasteiger partial charge in [0.25, 0.3) is 6.43 Å². The number of anilines is 1. The molecule has 2 saturated heterocycles. The van der Waals surface area contributed by atoms with E-state index >= 15 is 4.39 Å². The number of carboxylic acids is 1. The molecule has 1 N–H and O–H groups in total. The Morgan fingerprint density at radius 3 is 2.72 bits per heavy atom. The first-order valence-corrected chi connectivity index (χ1v) is 13.4. The van der Waals surface area contributed by atoms with Crippen LogP contribution in [-0.4, -0.2) is 64.1 Å². The standard InChI is InChI=1S/C27H21ClF6N4O5/c28-12-7-15(26(31)5-6-41-11-18(26)27(32,33)34)24(35-9-12)42-13-8-16(25(39)40)38(10-13)23-20-19(36-22(37-23)21(29)30)14-3-1-2-4-17(14)43-20/h1-4,7,9,13,16,18,21H,5-6,8,10-11H2,(H,39,40)/t13-,16-,18-,26+/m0/s1. The van der Waals surface area contributed by atoms with Gasteiger partial charge in [-0.05, 0) is 18.2 Å². The van der Waals surface area contributed by atoms with Crippen molar-refractivity contribution in [1.82, 2.24) is 15.0 Å². The van der Waals surface area contributed by atoms with Gasteiger partial charge in [-0.1, -0.05) is 23.7 Å². The Kier molecular flexibility index (Phi) is 7.27. The van der Waals surface area contributed by atoms with Crippen LogP contribution in [-0.2, 0) is 15.2 Å².